The number of hydrogen-bond acceptors (Lipinski definition) is 3. The Morgan fingerprint density at radius 2 is 2.36 bits per heavy atom. The minimum atomic E-state index is -2.40. The molecule has 1 atom stereocenters. The van der Waals surface area contributed by atoms with Gasteiger partial charge in [0.1, 0.15) is 0 Å². The van der Waals surface area contributed by atoms with Crippen LogP contribution in [0.15, 0.2) is 0 Å². The minimum Gasteiger partial charge on any atom is -0.314 e. The maximum Gasteiger partial charge on any atom is 0.201 e. The molecule has 0 spiro atoms. The van der Waals surface area contributed by atoms with Gasteiger partial charge in [-0.1, -0.05) is 0 Å². The summed E-state index contributed by atoms with van der Waals surface area (Å²) in [7, 11) is -2.40. The van der Waals surface area contributed by atoms with Crippen LogP contribution in [0, 0.1) is 0 Å². The third kappa shape index (κ3) is 3.69. The van der Waals surface area contributed by atoms with Crippen molar-refractivity contribution in [2.24, 2.45) is 0 Å². The second-order valence-corrected chi connectivity index (χ2v) is 3.58. The molecular formula is C6H14N2O2S. The maximum atomic E-state index is 10.1. The molecule has 0 aromatic heterocycles. The highest BCUT2D eigenvalue weighted by Crippen LogP contribution is 2.07. The van der Waals surface area contributed by atoms with Gasteiger partial charge >= 0.3 is 0 Å². The Labute approximate surface area is 68.5 Å². The molecule has 0 aromatic rings. The van der Waals surface area contributed by atoms with E-state index in [1.807, 2.05) is 0 Å². The summed E-state index contributed by atoms with van der Waals surface area (Å²) in [5.41, 5.74) is 0. The fraction of sp³-hybridized carbons (Fsp3) is 1.00. The SMILES string of the molecule is O=[SH](=O)NCC[C@@H]1CCCN1. The van der Waals surface area contributed by atoms with Gasteiger partial charge in [0, 0.05) is 12.6 Å². The first-order valence-electron chi connectivity index (χ1n) is 3.90. The van der Waals surface area contributed by atoms with Crippen LogP contribution in [0.3, 0.4) is 0 Å². The van der Waals surface area contributed by atoms with Crippen molar-refractivity contribution >= 4 is 10.9 Å². The van der Waals surface area contributed by atoms with Crippen molar-refractivity contribution in [2.45, 2.75) is 25.3 Å². The van der Waals surface area contributed by atoms with Gasteiger partial charge in [-0.2, -0.15) is 0 Å². The van der Waals surface area contributed by atoms with Crippen LogP contribution in [0.4, 0.5) is 0 Å². The number of nitrogens with one attached hydrogen (secondary N) is 2. The van der Waals surface area contributed by atoms with Crippen molar-refractivity contribution in [3.05, 3.63) is 0 Å². The Hall–Kier alpha value is -0.130. The molecule has 0 bridgehead atoms. The molecule has 1 saturated heterocycles. The van der Waals surface area contributed by atoms with Gasteiger partial charge in [0.05, 0.1) is 0 Å². The Kier molecular flexibility index (Phi) is 3.82. The highest BCUT2D eigenvalue weighted by molar-refractivity contribution is 7.70. The molecule has 0 unspecified atom stereocenters. The Bertz CT molecular complexity index is 167. The fourth-order valence-electron chi connectivity index (χ4n) is 1.33. The van der Waals surface area contributed by atoms with Crippen molar-refractivity contribution < 1.29 is 8.42 Å². The summed E-state index contributed by atoms with van der Waals surface area (Å²) in [5.74, 6) is 0. The summed E-state index contributed by atoms with van der Waals surface area (Å²) in [6, 6.07) is 0.525. The van der Waals surface area contributed by atoms with Crippen LogP contribution in [0.1, 0.15) is 19.3 Å². The topological polar surface area (TPSA) is 58.2 Å². The lowest BCUT2D eigenvalue weighted by Crippen LogP contribution is -2.26. The second kappa shape index (κ2) is 4.69. The van der Waals surface area contributed by atoms with E-state index < -0.39 is 10.9 Å². The number of thiol groups is 1. The summed E-state index contributed by atoms with van der Waals surface area (Å²) in [4.78, 5) is 0. The average molecular weight is 178 g/mol. The summed E-state index contributed by atoms with van der Waals surface area (Å²) in [6.07, 6.45) is 3.30. The summed E-state index contributed by atoms with van der Waals surface area (Å²) >= 11 is 0. The van der Waals surface area contributed by atoms with Gasteiger partial charge in [-0.05, 0) is 25.8 Å². The smallest absolute Gasteiger partial charge is 0.201 e. The first-order chi connectivity index (χ1) is 5.29. The van der Waals surface area contributed by atoms with E-state index in [1.54, 1.807) is 0 Å². The lowest BCUT2D eigenvalue weighted by molar-refractivity contribution is 0.546. The number of rotatable bonds is 4. The van der Waals surface area contributed by atoms with E-state index in [2.05, 4.69) is 10.0 Å². The van der Waals surface area contributed by atoms with Gasteiger partial charge < -0.3 is 5.32 Å². The molecule has 66 valence electrons. The van der Waals surface area contributed by atoms with Gasteiger partial charge in [0.2, 0.25) is 10.9 Å². The monoisotopic (exact) mass is 178 g/mol. The third-order valence-corrected chi connectivity index (χ3v) is 2.38. The van der Waals surface area contributed by atoms with Crippen LogP contribution < -0.4 is 10.0 Å². The van der Waals surface area contributed by atoms with E-state index in [0.717, 1.165) is 13.0 Å². The normalized spacial score (nSPS) is 24.6. The van der Waals surface area contributed by atoms with Crippen LogP contribution in [0.5, 0.6) is 0 Å². The zero-order valence-electron chi connectivity index (χ0n) is 6.38. The highest BCUT2D eigenvalue weighted by Gasteiger charge is 2.12. The summed E-state index contributed by atoms with van der Waals surface area (Å²) < 4.78 is 22.5. The molecule has 1 fully saturated rings. The molecule has 4 nitrogen and oxygen atoms in total. The molecule has 11 heavy (non-hydrogen) atoms. The predicted octanol–water partition coefficient (Wildman–Crippen LogP) is -0.755. The van der Waals surface area contributed by atoms with Crippen molar-refractivity contribution in [2.75, 3.05) is 13.1 Å². The van der Waals surface area contributed by atoms with Crippen LogP contribution >= 0.6 is 0 Å². The molecule has 0 aromatic carbocycles. The van der Waals surface area contributed by atoms with Crippen molar-refractivity contribution in [3.8, 4) is 0 Å². The first-order valence-corrected chi connectivity index (χ1v) is 5.08. The molecule has 0 amide bonds. The third-order valence-electron chi connectivity index (χ3n) is 1.90. The van der Waals surface area contributed by atoms with Crippen LogP contribution in [0.2, 0.25) is 0 Å². The van der Waals surface area contributed by atoms with E-state index >= 15 is 0 Å². The molecule has 0 saturated carbocycles. The molecule has 2 N–H and O–H groups in total. The predicted molar refractivity (Wildman–Crippen MR) is 44.0 cm³/mol. The van der Waals surface area contributed by atoms with E-state index in [9.17, 15) is 8.42 Å². The molecular weight excluding hydrogens is 164 g/mol. The first kappa shape index (κ1) is 8.96. The zero-order valence-corrected chi connectivity index (χ0v) is 7.27. The van der Waals surface area contributed by atoms with Crippen molar-refractivity contribution in [3.63, 3.8) is 0 Å². The van der Waals surface area contributed by atoms with Crippen LogP contribution in [-0.2, 0) is 10.9 Å². The summed E-state index contributed by atoms with van der Waals surface area (Å²) in [6.45, 7) is 1.64. The largest absolute Gasteiger partial charge is 0.314 e. The van der Waals surface area contributed by atoms with E-state index in [1.165, 1.54) is 12.8 Å². The standard InChI is InChI=1S/C6H14N2O2S/c9-11(10)8-5-3-6-2-1-4-7-6/h6-7,11H,1-5H2,(H,8,9,10)/t6-/m0/s1. The average Bonchev–Trinajstić information content (AvgIpc) is 2.39. The van der Waals surface area contributed by atoms with E-state index in [0.29, 0.717) is 12.6 Å². The Balaban J connectivity index is 2.02. The Morgan fingerprint density at radius 3 is 2.91 bits per heavy atom. The zero-order chi connectivity index (χ0) is 8.10. The van der Waals surface area contributed by atoms with Gasteiger partial charge in [0.25, 0.3) is 0 Å². The van der Waals surface area contributed by atoms with Crippen molar-refractivity contribution in [1.29, 1.82) is 0 Å². The molecule has 5 heteroatoms. The van der Waals surface area contributed by atoms with E-state index in [4.69, 9.17) is 0 Å². The molecule has 1 heterocycles. The van der Waals surface area contributed by atoms with Crippen molar-refractivity contribution in [1.82, 2.24) is 10.0 Å². The van der Waals surface area contributed by atoms with Crippen LogP contribution in [0.25, 0.3) is 0 Å². The number of hydrogen-bond donors (Lipinski definition) is 3. The van der Waals surface area contributed by atoms with Gasteiger partial charge in [-0.3, -0.25) is 0 Å². The second-order valence-electron chi connectivity index (χ2n) is 2.75. The molecule has 1 aliphatic heterocycles. The van der Waals surface area contributed by atoms with Gasteiger partial charge in [-0.25, -0.2) is 13.1 Å². The molecule has 0 aliphatic carbocycles. The van der Waals surface area contributed by atoms with Gasteiger partial charge in [0.15, 0.2) is 0 Å². The quantitative estimate of drug-likeness (QED) is 0.496. The fourth-order valence-corrected chi connectivity index (χ4v) is 1.64. The Morgan fingerprint density at radius 1 is 1.55 bits per heavy atom. The van der Waals surface area contributed by atoms with E-state index in [-0.39, 0.29) is 0 Å². The highest BCUT2D eigenvalue weighted by atomic mass is 32.2. The lowest BCUT2D eigenvalue weighted by atomic mass is 10.2. The van der Waals surface area contributed by atoms with Crippen LogP contribution in [-0.4, -0.2) is 27.5 Å². The molecule has 0 radical (unpaired) electrons. The lowest BCUT2D eigenvalue weighted by Gasteiger charge is -2.07. The molecule has 1 rings (SSSR count). The minimum absolute atomic E-state index is 0.525. The molecule has 1 aliphatic rings. The summed E-state index contributed by atoms with van der Waals surface area (Å²) in [5, 5.41) is 3.29. The van der Waals surface area contributed by atoms with Gasteiger partial charge in [-0.15, -0.1) is 0 Å². The maximum absolute atomic E-state index is 10.1.